The SMILES string of the molecule is CCc1ccccc1NC(C1CC1)C1CC1. The average molecular weight is 215 g/mol. The zero-order valence-electron chi connectivity index (χ0n) is 10.1. The third-order valence-electron chi connectivity index (χ3n) is 3.98. The molecular weight excluding hydrogens is 194 g/mol. The van der Waals surface area contributed by atoms with Crippen molar-refractivity contribution in [1.82, 2.24) is 0 Å². The van der Waals surface area contributed by atoms with Gasteiger partial charge >= 0.3 is 0 Å². The Morgan fingerprint density at radius 3 is 2.31 bits per heavy atom. The van der Waals surface area contributed by atoms with Gasteiger partial charge < -0.3 is 5.32 Å². The summed E-state index contributed by atoms with van der Waals surface area (Å²) in [6.07, 6.45) is 6.92. The van der Waals surface area contributed by atoms with E-state index in [2.05, 4.69) is 36.5 Å². The Labute approximate surface area is 98.3 Å². The Morgan fingerprint density at radius 2 is 1.75 bits per heavy atom. The fourth-order valence-corrected chi connectivity index (χ4v) is 2.68. The fourth-order valence-electron chi connectivity index (χ4n) is 2.68. The molecule has 0 radical (unpaired) electrons. The maximum absolute atomic E-state index is 3.82. The standard InChI is InChI=1S/C15H21N/c1-2-11-5-3-4-6-14(11)16-15(12-7-8-12)13-9-10-13/h3-6,12-13,15-16H,2,7-10H2,1H3. The lowest BCUT2D eigenvalue weighted by Gasteiger charge is -2.21. The molecule has 0 bridgehead atoms. The molecule has 1 heteroatoms. The summed E-state index contributed by atoms with van der Waals surface area (Å²) in [7, 11) is 0. The summed E-state index contributed by atoms with van der Waals surface area (Å²) in [5.74, 6) is 1.94. The van der Waals surface area contributed by atoms with Gasteiger partial charge in [-0.1, -0.05) is 25.1 Å². The molecule has 0 saturated heterocycles. The van der Waals surface area contributed by atoms with E-state index in [4.69, 9.17) is 0 Å². The number of hydrogen-bond donors (Lipinski definition) is 1. The molecule has 1 N–H and O–H groups in total. The van der Waals surface area contributed by atoms with Crippen molar-refractivity contribution in [2.45, 2.75) is 45.1 Å². The van der Waals surface area contributed by atoms with E-state index < -0.39 is 0 Å². The smallest absolute Gasteiger partial charge is 0.0374 e. The first-order valence-electron chi connectivity index (χ1n) is 6.73. The van der Waals surface area contributed by atoms with Crippen LogP contribution in [-0.4, -0.2) is 6.04 Å². The summed E-state index contributed by atoms with van der Waals surface area (Å²) in [6.45, 7) is 2.24. The third-order valence-corrected chi connectivity index (χ3v) is 3.98. The van der Waals surface area contributed by atoms with Crippen LogP contribution in [0, 0.1) is 11.8 Å². The fraction of sp³-hybridized carbons (Fsp3) is 0.600. The molecule has 0 amide bonds. The minimum Gasteiger partial charge on any atom is -0.382 e. The second-order valence-corrected chi connectivity index (χ2v) is 5.36. The third kappa shape index (κ3) is 2.09. The predicted octanol–water partition coefficient (Wildman–Crippen LogP) is 3.85. The zero-order chi connectivity index (χ0) is 11.0. The molecule has 2 saturated carbocycles. The van der Waals surface area contributed by atoms with Crippen LogP contribution in [0.5, 0.6) is 0 Å². The quantitative estimate of drug-likeness (QED) is 0.786. The van der Waals surface area contributed by atoms with Gasteiger partial charge in [-0.25, -0.2) is 0 Å². The zero-order valence-corrected chi connectivity index (χ0v) is 10.1. The van der Waals surface area contributed by atoms with Crippen LogP contribution in [-0.2, 0) is 6.42 Å². The Hall–Kier alpha value is -0.980. The van der Waals surface area contributed by atoms with Gasteiger partial charge in [0, 0.05) is 11.7 Å². The van der Waals surface area contributed by atoms with E-state index in [0.717, 1.165) is 24.3 Å². The van der Waals surface area contributed by atoms with Gasteiger partial charge in [0.15, 0.2) is 0 Å². The van der Waals surface area contributed by atoms with Crippen LogP contribution < -0.4 is 5.32 Å². The van der Waals surface area contributed by atoms with Gasteiger partial charge in [0.2, 0.25) is 0 Å². The van der Waals surface area contributed by atoms with Crippen LogP contribution in [0.2, 0.25) is 0 Å². The number of benzene rings is 1. The van der Waals surface area contributed by atoms with Crippen molar-refractivity contribution < 1.29 is 0 Å². The van der Waals surface area contributed by atoms with Gasteiger partial charge in [-0.05, 0) is 55.6 Å². The highest BCUT2D eigenvalue weighted by Crippen LogP contribution is 2.46. The number of hydrogen-bond acceptors (Lipinski definition) is 1. The monoisotopic (exact) mass is 215 g/mol. The summed E-state index contributed by atoms with van der Waals surface area (Å²) in [5, 5.41) is 3.82. The van der Waals surface area contributed by atoms with Gasteiger partial charge in [0.05, 0.1) is 0 Å². The molecule has 2 aliphatic rings. The largest absolute Gasteiger partial charge is 0.382 e. The van der Waals surface area contributed by atoms with Gasteiger partial charge in [0.1, 0.15) is 0 Å². The summed E-state index contributed by atoms with van der Waals surface area (Å²) in [6, 6.07) is 9.56. The second-order valence-electron chi connectivity index (χ2n) is 5.36. The summed E-state index contributed by atoms with van der Waals surface area (Å²) in [5.41, 5.74) is 2.85. The van der Waals surface area contributed by atoms with Crippen molar-refractivity contribution in [3.63, 3.8) is 0 Å². The second kappa shape index (κ2) is 4.12. The van der Waals surface area contributed by atoms with E-state index in [9.17, 15) is 0 Å². The Morgan fingerprint density at radius 1 is 1.12 bits per heavy atom. The lowest BCUT2D eigenvalue weighted by molar-refractivity contribution is 0.567. The van der Waals surface area contributed by atoms with Crippen molar-refractivity contribution in [2.24, 2.45) is 11.8 Å². The molecule has 2 aliphatic carbocycles. The van der Waals surface area contributed by atoms with Crippen molar-refractivity contribution in [3.8, 4) is 0 Å². The molecule has 86 valence electrons. The topological polar surface area (TPSA) is 12.0 Å². The molecule has 16 heavy (non-hydrogen) atoms. The van der Waals surface area contributed by atoms with Crippen molar-refractivity contribution in [2.75, 3.05) is 5.32 Å². The average Bonchev–Trinajstić information content (AvgIpc) is 3.18. The summed E-state index contributed by atoms with van der Waals surface area (Å²) >= 11 is 0. The van der Waals surface area contributed by atoms with Crippen LogP contribution in [0.3, 0.4) is 0 Å². The van der Waals surface area contributed by atoms with Crippen LogP contribution in [0.25, 0.3) is 0 Å². The lowest BCUT2D eigenvalue weighted by atomic mass is 10.0. The molecule has 1 aromatic rings. The van der Waals surface area contributed by atoms with Crippen LogP contribution in [0.15, 0.2) is 24.3 Å². The first-order chi connectivity index (χ1) is 7.88. The normalized spacial score (nSPS) is 20.1. The molecule has 0 atom stereocenters. The number of aryl methyl sites for hydroxylation is 1. The highest BCUT2D eigenvalue weighted by molar-refractivity contribution is 5.52. The molecule has 1 nitrogen and oxygen atoms in total. The molecule has 0 aliphatic heterocycles. The first kappa shape index (κ1) is 10.2. The number of nitrogens with one attached hydrogen (secondary N) is 1. The maximum atomic E-state index is 3.82. The number of para-hydroxylation sites is 1. The van der Waals surface area contributed by atoms with E-state index in [1.807, 2.05) is 0 Å². The molecule has 0 heterocycles. The Balaban J connectivity index is 1.75. The molecule has 2 fully saturated rings. The van der Waals surface area contributed by atoms with E-state index in [1.165, 1.54) is 36.9 Å². The summed E-state index contributed by atoms with van der Waals surface area (Å²) in [4.78, 5) is 0. The van der Waals surface area contributed by atoms with Crippen LogP contribution in [0.4, 0.5) is 5.69 Å². The van der Waals surface area contributed by atoms with E-state index in [0.29, 0.717) is 0 Å². The van der Waals surface area contributed by atoms with E-state index >= 15 is 0 Å². The Bertz CT molecular complexity index is 351. The summed E-state index contributed by atoms with van der Waals surface area (Å²) < 4.78 is 0. The highest BCUT2D eigenvalue weighted by atomic mass is 15.0. The molecule has 0 spiro atoms. The molecule has 1 aromatic carbocycles. The maximum Gasteiger partial charge on any atom is 0.0374 e. The van der Waals surface area contributed by atoms with Gasteiger partial charge in [-0.15, -0.1) is 0 Å². The minimum absolute atomic E-state index is 0.771. The first-order valence-corrected chi connectivity index (χ1v) is 6.73. The number of anilines is 1. The van der Waals surface area contributed by atoms with Crippen molar-refractivity contribution in [3.05, 3.63) is 29.8 Å². The van der Waals surface area contributed by atoms with Gasteiger partial charge in [-0.3, -0.25) is 0 Å². The molecule has 0 aromatic heterocycles. The number of rotatable bonds is 5. The molecular formula is C15H21N. The van der Waals surface area contributed by atoms with Crippen molar-refractivity contribution in [1.29, 1.82) is 0 Å². The van der Waals surface area contributed by atoms with Gasteiger partial charge in [0.25, 0.3) is 0 Å². The van der Waals surface area contributed by atoms with Crippen LogP contribution in [0.1, 0.15) is 38.2 Å². The van der Waals surface area contributed by atoms with Crippen molar-refractivity contribution >= 4 is 5.69 Å². The molecule has 3 rings (SSSR count). The van der Waals surface area contributed by atoms with E-state index in [1.54, 1.807) is 0 Å². The van der Waals surface area contributed by atoms with Crippen LogP contribution >= 0.6 is 0 Å². The Kier molecular flexibility index (Phi) is 2.62. The minimum atomic E-state index is 0.771. The predicted molar refractivity (Wildman–Crippen MR) is 68.7 cm³/mol. The molecule has 0 unspecified atom stereocenters. The lowest BCUT2D eigenvalue weighted by Crippen LogP contribution is -2.24. The van der Waals surface area contributed by atoms with Gasteiger partial charge in [-0.2, -0.15) is 0 Å². The highest BCUT2D eigenvalue weighted by Gasteiger charge is 2.41. The van der Waals surface area contributed by atoms with E-state index in [-0.39, 0.29) is 0 Å².